The molecule has 0 atom stereocenters. The third-order valence-corrected chi connectivity index (χ3v) is 7.21. The maximum absolute atomic E-state index is 13.0. The van der Waals surface area contributed by atoms with Crippen LogP contribution in [-0.2, 0) is 25.1 Å². The number of H-pyrrole nitrogens is 1. The molecule has 0 fully saturated rings. The Labute approximate surface area is 202 Å². The summed E-state index contributed by atoms with van der Waals surface area (Å²) < 4.78 is 52.2. The van der Waals surface area contributed by atoms with E-state index in [4.69, 9.17) is 5.26 Å². The lowest BCUT2D eigenvalue weighted by molar-refractivity contribution is 0.102. The van der Waals surface area contributed by atoms with Gasteiger partial charge in [0.15, 0.2) is 0 Å². The fraction of sp³-hybridized carbons (Fsp3) is 0.0435. The lowest BCUT2D eigenvalue weighted by Gasteiger charge is -2.13. The topological polar surface area (TPSA) is 149 Å². The van der Waals surface area contributed by atoms with Gasteiger partial charge in [0.2, 0.25) is 9.84 Å². The van der Waals surface area contributed by atoms with E-state index in [0.29, 0.717) is 16.6 Å². The molecule has 4 aromatic rings. The fourth-order valence-corrected chi connectivity index (χ4v) is 5.03. The van der Waals surface area contributed by atoms with Crippen molar-refractivity contribution in [1.82, 2.24) is 4.98 Å². The molecule has 12 heteroatoms. The van der Waals surface area contributed by atoms with Gasteiger partial charge in [0.05, 0.1) is 27.1 Å². The molecule has 0 aliphatic heterocycles. The number of hydrogen-bond acceptors (Lipinski definition) is 8. The Morgan fingerprint density at radius 1 is 1.03 bits per heavy atom. The molecule has 1 aromatic heterocycles. The quantitative estimate of drug-likeness (QED) is 0.254. The maximum Gasteiger partial charge on any atom is 0.277 e. The van der Waals surface area contributed by atoms with E-state index in [9.17, 15) is 21.6 Å². The van der Waals surface area contributed by atoms with Crippen molar-refractivity contribution in [2.45, 2.75) is 9.79 Å². The molecule has 3 aromatic carbocycles. The Bertz CT molecular complexity index is 1660. The number of aromatic amines is 1. The van der Waals surface area contributed by atoms with Crippen LogP contribution in [0.1, 0.15) is 16.1 Å². The van der Waals surface area contributed by atoms with Crippen LogP contribution in [0.2, 0.25) is 0 Å². The van der Waals surface area contributed by atoms with Gasteiger partial charge in [-0.1, -0.05) is 18.2 Å². The summed E-state index contributed by atoms with van der Waals surface area (Å²) in [7, 11) is -5.55. The van der Waals surface area contributed by atoms with E-state index in [1.807, 2.05) is 6.07 Å². The number of hydrogen-bond donors (Lipinski definition) is 3. The molecule has 0 aliphatic rings. The van der Waals surface area contributed by atoms with Crippen molar-refractivity contribution in [2.75, 3.05) is 17.4 Å². The predicted molar refractivity (Wildman–Crippen MR) is 129 cm³/mol. The molecule has 0 radical (unpaired) electrons. The third kappa shape index (κ3) is 5.17. The lowest BCUT2D eigenvalue weighted by Crippen LogP contribution is -2.16. The SMILES string of the molecule is CN(O[SH](=O)=O)c1ccc2cc(C(=O)Nc3cccc(S(=O)(=O)c4cccc(C#N)c4)c3)[nH]c2c1. The standard InChI is InChI=1S/C23H18N4O6S2/c1-27(33-34(29)30)18-9-8-16-11-22(26-21(16)13-18)23(28)25-17-5-3-7-20(12-17)35(31,32)19-6-2-4-15(10-19)14-24/h2-13,26,34H,1H3,(H,25,28). The van der Waals surface area contributed by atoms with E-state index in [1.54, 1.807) is 30.3 Å². The van der Waals surface area contributed by atoms with E-state index < -0.39 is 26.7 Å². The van der Waals surface area contributed by atoms with Crippen LogP contribution in [0.5, 0.6) is 0 Å². The first kappa shape index (κ1) is 24.0. The first-order valence-electron chi connectivity index (χ1n) is 10.0. The molecular formula is C23H18N4O6S2. The number of thiol groups is 1. The summed E-state index contributed by atoms with van der Waals surface area (Å²) in [4.78, 5) is 15.7. The van der Waals surface area contributed by atoms with Crippen molar-refractivity contribution in [3.8, 4) is 6.07 Å². The van der Waals surface area contributed by atoms with Gasteiger partial charge in [-0.25, -0.2) is 21.9 Å². The minimum atomic E-state index is -3.91. The molecule has 0 saturated heterocycles. The molecule has 35 heavy (non-hydrogen) atoms. The van der Waals surface area contributed by atoms with E-state index in [-0.39, 0.29) is 26.7 Å². The number of aromatic nitrogens is 1. The van der Waals surface area contributed by atoms with Crippen LogP contribution in [0.3, 0.4) is 0 Å². The van der Waals surface area contributed by atoms with Crippen LogP contribution in [0, 0.1) is 11.3 Å². The van der Waals surface area contributed by atoms with E-state index in [1.165, 1.54) is 49.5 Å². The predicted octanol–water partition coefficient (Wildman–Crippen LogP) is 3.02. The summed E-state index contributed by atoms with van der Waals surface area (Å²) in [6.45, 7) is 0. The van der Waals surface area contributed by atoms with Crippen LogP contribution in [0.4, 0.5) is 11.4 Å². The van der Waals surface area contributed by atoms with Gasteiger partial charge in [0.1, 0.15) is 5.69 Å². The average Bonchev–Trinajstić information content (AvgIpc) is 3.27. The van der Waals surface area contributed by atoms with Gasteiger partial charge in [0.25, 0.3) is 16.9 Å². The molecule has 0 spiro atoms. The molecule has 0 unspecified atom stereocenters. The number of sulfone groups is 1. The number of hydroxylamine groups is 1. The molecule has 1 heterocycles. The second kappa shape index (κ2) is 9.59. The monoisotopic (exact) mass is 510 g/mol. The number of fused-ring (bicyclic) bond motifs is 1. The molecular weight excluding hydrogens is 492 g/mol. The fourth-order valence-electron chi connectivity index (χ4n) is 3.39. The molecule has 178 valence electrons. The highest BCUT2D eigenvalue weighted by molar-refractivity contribution is 7.91. The van der Waals surface area contributed by atoms with Crippen LogP contribution in [0.25, 0.3) is 10.9 Å². The first-order valence-corrected chi connectivity index (χ1v) is 12.6. The number of anilines is 2. The number of benzene rings is 3. The summed E-state index contributed by atoms with van der Waals surface area (Å²) in [5.74, 6) is -0.504. The summed E-state index contributed by atoms with van der Waals surface area (Å²) in [6, 6.07) is 20.0. The van der Waals surface area contributed by atoms with Gasteiger partial charge in [0, 0.05) is 23.6 Å². The summed E-state index contributed by atoms with van der Waals surface area (Å²) in [6.07, 6.45) is 0. The number of rotatable bonds is 7. The van der Waals surface area contributed by atoms with Gasteiger partial charge in [-0.05, 0) is 54.6 Å². The number of nitrogens with one attached hydrogen (secondary N) is 2. The number of amides is 1. The van der Waals surface area contributed by atoms with Crippen LogP contribution in [0.15, 0.2) is 82.6 Å². The summed E-state index contributed by atoms with van der Waals surface area (Å²) in [5.41, 5.74) is 1.71. The highest BCUT2D eigenvalue weighted by Crippen LogP contribution is 2.26. The van der Waals surface area contributed by atoms with Crippen molar-refractivity contribution in [1.29, 1.82) is 5.26 Å². The number of carbonyl (C=O) groups is 1. The van der Waals surface area contributed by atoms with Gasteiger partial charge >= 0.3 is 0 Å². The Morgan fingerprint density at radius 2 is 1.74 bits per heavy atom. The Balaban J connectivity index is 1.57. The second-order valence-electron chi connectivity index (χ2n) is 7.38. The zero-order chi connectivity index (χ0) is 25.2. The molecule has 0 aliphatic carbocycles. The minimum absolute atomic E-state index is 0.0260. The van der Waals surface area contributed by atoms with Crippen molar-refractivity contribution < 1.29 is 25.9 Å². The molecule has 2 N–H and O–H groups in total. The summed E-state index contributed by atoms with van der Waals surface area (Å²) >= 11 is 0. The van der Waals surface area contributed by atoms with Crippen LogP contribution in [-0.4, -0.2) is 34.8 Å². The van der Waals surface area contributed by atoms with E-state index in [2.05, 4.69) is 14.6 Å². The smallest absolute Gasteiger partial charge is 0.277 e. The van der Waals surface area contributed by atoms with Crippen molar-refractivity contribution in [3.05, 3.63) is 84.1 Å². The van der Waals surface area contributed by atoms with Crippen molar-refractivity contribution in [2.24, 2.45) is 0 Å². The van der Waals surface area contributed by atoms with Crippen molar-refractivity contribution in [3.63, 3.8) is 0 Å². The highest BCUT2D eigenvalue weighted by Gasteiger charge is 2.19. The van der Waals surface area contributed by atoms with E-state index in [0.717, 1.165) is 5.06 Å². The number of nitriles is 1. The Morgan fingerprint density at radius 3 is 2.46 bits per heavy atom. The van der Waals surface area contributed by atoms with Crippen molar-refractivity contribution >= 4 is 49.0 Å². The zero-order valence-corrected chi connectivity index (χ0v) is 19.8. The number of carbonyl (C=O) groups excluding carboxylic acids is 1. The van der Waals surface area contributed by atoms with Gasteiger partial charge in [-0.3, -0.25) is 4.79 Å². The first-order chi connectivity index (χ1) is 16.7. The number of nitrogens with zero attached hydrogens (tertiary/aromatic N) is 2. The normalized spacial score (nSPS) is 11.3. The average molecular weight is 511 g/mol. The van der Waals surface area contributed by atoms with E-state index >= 15 is 0 Å². The molecule has 0 saturated carbocycles. The molecule has 1 amide bonds. The third-order valence-electron chi connectivity index (χ3n) is 5.08. The second-order valence-corrected chi connectivity index (χ2v) is 9.94. The Hall–Kier alpha value is -4.18. The lowest BCUT2D eigenvalue weighted by atomic mass is 10.2. The van der Waals surface area contributed by atoms with Gasteiger partial charge in [-0.15, -0.1) is 0 Å². The minimum Gasteiger partial charge on any atom is -0.350 e. The van der Waals surface area contributed by atoms with Crippen LogP contribution >= 0.6 is 0 Å². The largest absolute Gasteiger partial charge is 0.350 e. The molecule has 10 nitrogen and oxygen atoms in total. The van der Waals surface area contributed by atoms with Gasteiger partial charge in [-0.2, -0.15) is 9.55 Å². The van der Waals surface area contributed by atoms with Gasteiger partial charge < -0.3 is 10.3 Å². The molecule has 0 bridgehead atoms. The Kier molecular flexibility index (Phi) is 6.57. The van der Waals surface area contributed by atoms with Crippen LogP contribution < -0.4 is 10.4 Å². The molecule has 4 rings (SSSR count). The summed E-state index contributed by atoms with van der Waals surface area (Å²) in [5, 5.41) is 13.5. The maximum atomic E-state index is 13.0. The zero-order valence-electron chi connectivity index (χ0n) is 18.1. The highest BCUT2D eigenvalue weighted by atomic mass is 32.2.